The van der Waals surface area contributed by atoms with Gasteiger partial charge in [0, 0.05) is 32.7 Å². The van der Waals surface area contributed by atoms with Crippen LogP contribution in [0.5, 0.6) is 0 Å². The number of rotatable bonds is 3. The van der Waals surface area contributed by atoms with E-state index in [-0.39, 0.29) is 45.7 Å². The Morgan fingerprint density at radius 2 is 2.00 bits per heavy atom. The molecule has 11 heavy (non-hydrogen) atoms. The van der Waals surface area contributed by atoms with Crippen LogP contribution in [-0.2, 0) is 37.5 Å². The van der Waals surface area contributed by atoms with E-state index in [9.17, 15) is 4.79 Å². The number of hydrogen-bond donors (Lipinski definition) is 0. The van der Waals surface area contributed by atoms with Gasteiger partial charge in [0.25, 0.3) is 0 Å². The third-order valence-corrected chi connectivity index (χ3v) is 0.857. The van der Waals surface area contributed by atoms with Crippen LogP contribution in [0.3, 0.4) is 0 Å². The van der Waals surface area contributed by atoms with Crippen molar-refractivity contribution in [3.8, 4) is 0 Å². The Labute approximate surface area is 98.1 Å². The minimum absolute atomic E-state index is 0. The van der Waals surface area contributed by atoms with Gasteiger partial charge in [0.1, 0.15) is 5.24 Å². The maximum Gasteiger partial charge on any atom is 0.135 e. The fourth-order valence-electron chi connectivity index (χ4n) is 0.237. The first kappa shape index (κ1) is 17.4. The molecule has 0 aliphatic carbocycles. The molecule has 0 amide bonds. The molecule has 0 aromatic heterocycles. The SMILES string of the molecule is [CH-]=C(/C=C\C=C)C(=O)Cl.[CH3-].[Y]. The summed E-state index contributed by atoms with van der Waals surface area (Å²) >= 11 is 4.98. The van der Waals surface area contributed by atoms with Crippen LogP contribution in [0.25, 0.3) is 0 Å². The first-order valence-electron chi connectivity index (χ1n) is 2.30. The van der Waals surface area contributed by atoms with Gasteiger partial charge in [0.15, 0.2) is 0 Å². The summed E-state index contributed by atoms with van der Waals surface area (Å²) in [5.74, 6) is 0. The predicted octanol–water partition coefficient (Wildman–Crippen LogP) is 2.30. The van der Waals surface area contributed by atoms with E-state index in [0.29, 0.717) is 0 Å². The van der Waals surface area contributed by atoms with E-state index < -0.39 is 5.24 Å². The number of carbonyl (C=O) groups is 1. The molecule has 0 atom stereocenters. The van der Waals surface area contributed by atoms with Crippen LogP contribution in [0.15, 0.2) is 30.4 Å². The van der Waals surface area contributed by atoms with Crippen LogP contribution < -0.4 is 0 Å². The van der Waals surface area contributed by atoms with Crippen molar-refractivity contribution in [2.75, 3.05) is 0 Å². The van der Waals surface area contributed by atoms with Crippen molar-refractivity contribution >= 4 is 16.8 Å². The molecule has 0 heterocycles. The second-order valence-corrected chi connectivity index (χ2v) is 1.67. The maximum absolute atomic E-state index is 10.2. The maximum atomic E-state index is 10.2. The van der Waals surface area contributed by atoms with Gasteiger partial charge >= 0.3 is 0 Å². The molecule has 0 saturated carbocycles. The van der Waals surface area contributed by atoms with Gasteiger partial charge in [-0.25, -0.2) is 6.58 Å². The second-order valence-electron chi connectivity index (χ2n) is 1.32. The normalized spacial score (nSPS) is 7.73. The molecule has 0 spiro atoms. The summed E-state index contributed by atoms with van der Waals surface area (Å²) in [6.07, 6.45) is 4.44. The summed E-state index contributed by atoms with van der Waals surface area (Å²) in [6, 6.07) is 0. The smallest absolute Gasteiger partial charge is 0.135 e. The number of hydrogen-bond acceptors (Lipinski definition) is 1. The van der Waals surface area contributed by atoms with Crippen LogP contribution >= 0.6 is 11.6 Å². The Balaban J connectivity index is -0.000000320. The number of carbonyl (C=O) groups excluding carboxylic acids is 1. The Morgan fingerprint density at radius 1 is 1.55 bits per heavy atom. The first-order chi connectivity index (χ1) is 4.18. The van der Waals surface area contributed by atoms with Crippen LogP contribution in [0.1, 0.15) is 0 Å². The van der Waals surface area contributed by atoms with Crippen molar-refractivity contribution < 1.29 is 37.5 Å². The minimum Gasteiger partial charge on any atom is -0.358 e. The first-order valence-corrected chi connectivity index (χ1v) is 2.67. The Kier molecular flexibility index (Phi) is 16.3. The van der Waals surface area contributed by atoms with E-state index in [4.69, 9.17) is 18.2 Å². The molecule has 0 unspecified atom stereocenters. The van der Waals surface area contributed by atoms with E-state index in [1.165, 1.54) is 18.2 Å². The Bertz CT molecular complexity index is 173. The number of allylic oxidation sites excluding steroid dienone is 4. The average Bonchev–Trinajstić information content (AvgIpc) is 1.82. The summed E-state index contributed by atoms with van der Waals surface area (Å²) in [4.78, 5) is 10.2. The third-order valence-electron chi connectivity index (χ3n) is 0.639. The minimum atomic E-state index is -0.645. The molecule has 1 nitrogen and oxygen atoms in total. The van der Waals surface area contributed by atoms with Crippen molar-refractivity contribution in [1.82, 2.24) is 0 Å². The van der Waals surface area contributed by atoms with Crippen molar-refractivity contribution in [3.63, 3.8) is 0 Å². The van der Waals surface area contributed by atoms with Gasteiger partial charge in [-0.2, -0.15) is 6.08 Å². The molecule has 0 rings (SSSR count). The Hall–Kier alpha value is 0.284. The molecule has 0 bridgehead atoms. The van der Waals surface area contributed by atoms with Gasteiger partial charge in [-0.15, -0.1) is 29.8 Å². The largest absolute Gasteiger partial charge is 0.358 e. The third kappa shape index (κ3) is 10.3. The molecule has 0 saturated heterocycles. The molecule has 0 aromatic carbocycles. The molecule has 3 heteroatoms. The van der Waals surface area contributed by atoms with Gasteiger partial charge < -0.3 is 12.2 Å². The zero-order valence-electron chi connectivity index (χ0n) is 6.38. The summed E-state index contributed by atoms with van der Waals surface area (Å²) in [5, 5.41) is -0.645. The van der Waals surface area contributed by atoms with E-state index in [2.05, 4.69) is 6.58 Å². The van der Waals surface area contributed by atoms with Gasteiger partial charge in [-0.05, 0) is 0 Å². The second kappa shape index (κ2) is 10.3. The molecular formula is C8H9ClOY-2. The molecule has 0 aliphatic heterocycles. The van der Waals surface area contributed by atoms with Crippen LogP contribution in [0.4, 0.5) is 0 Å². The van der Waals surface area contributed by atoms with Gasteiger partial charge in [-0.3, -0.25) is 0 Å². The summed E-state index contributed by atoms with van der Waals surface area (Å²) in [6.45, 7) is 8.49. The quantitative estimate of drug-likeness (QED) is 0.323. The van der Waals surface area contributed by atoms with E-state index >= 15 is 0 Å². The monoisotopic (exact) mass is 245 g/mol. The molecule has 1 radical (unpaired) electrons. The molecule has 0 aromatic rings. The van der Waals surface area contributed by atoms with Crippen LogP contribution in [0, 0.1) is 14.0 Å². The molecule has 0 fully saturated rings. The van der Waals surface area contributed by atoms with Crippen molar-refractivity contribution in [2.45, 2.75) is 0 Å². The topological polar surface area (TPSA) is 17.1 Å². The van der Waals surface area contributed by atoms with Crippen molar-refractivity contribution in [1.29, 1.82) is 0 Å². The van der Waals surface area contributed by atoms with Crippen molar-refractivity contribution in [3.05, 3.63) is 44.4 Å². The molecule has 59 valence electrons. The average molecular weight is 246 g/mol. The van der Waals surface area contributed by atoms with Gasteiger partial charge in [0.2, 0.25) is 0 Å². The predicted molar refractivity (Wildman–Crippen MR) is 44.4 cm³/mol. The van der Waals surface area contributed by atoms with Crippen LogP contribution in [0.2, 0.25) is 0 Å². The summed E-state index contributed by atoms with van der Waals surface area (Å²) in [5.41, 5.74) is 0.0246. The number of halogens is 1. The van der Waals surface area contributed by atoms with Gasteiger partial charge in [0.05, 0.1) is 0 Å². The Morgan fingerprint density at radius 3 is 2.27 bits per heavy atom. The summed E-state index contributed by atoms with van der Waals surface area (Å²) in [7, 11) is 0. The molecule has 0 aliphatic rings. The zero-order chi connectivity index (χ0) is 7.28. The zero-order valence-corrected chi connectivity index (χ0v) is 9.97. The van der Waals surface area contributed by atoms with E-state index in [1.54, 1.807) is 0 Å². The van der Waals surface area contributed by atoms with Crippen LogP contribution in [-0.4, -0.2) is 5.24 Å². The fourth-order valence-corrected chi connectivity index (χ4v) is 0.300. The summed E-state index contributed by atoms with van der Waals surface area (Å²) < 4.78 is 0. The molecule has 0 N–H and O–H groups in total. The fraction of sp³-hybridized carbons (Fsp3) is 0. The van der Waals surface area contributed by atoms with E-state index in [0.717, 1.165) is 0 Å². The molecular weight excluding hydrogens is 236 g/mol. The van der Waals surface area contributed by atoms with E-state index in [1.807, 2.05) is 0 Å². The van der Waals surface area contributed by atoms with Crippen molar-refractivity contribution in [2.24, 2.45) is 0 Å². The standard InChI is InChI=1S/C7H6ClO.CH3.Y/c1-3-4-5-6(2)7(8)9;;/h2-5H,1H2;1H3;/q2*-1;/b5-4-;;. The van der Waals surface area contributed by atoms with Gasteiger partial charge in [-0.1, -0.05) is 6.08 Å².